The molecule has 0 spiro atoms. The van der Waals surface area contributed by atoms with E-state index in [4.69, 9.17) is 19.1 Å². The van der Waals surface area contributed by atoms with Crippen molar-refractivity contribution in [1.82, 2.24) is 10.1 Å². The van der Waals surface area contributed by atoms with Crippen LogP contribution in [0, 0.1) is 0 Å². The maximum absolute atomic E-state index is 12.7. The number of hydroxylamine groups is 4. The largest absolute Gasteiger partial charge is 0.462 e. The summed E-state index contributed by atoms with van der Waals surface area (Å²) in [5.74, 6) is -0.180. The van der Waals surface area contributed by atoms with Crippen molar-refractivity contribution < 1.29 is 28.7 Å². The summed E-state index contributed by atoms with van der Waals surface area (Å²) in [6, 6.07) is 0. The highest BCUT2D eigenvalue weighted by Crippen LogP contribution is 2.41. The Morgan fingerprint density at radius 3 is 1.31 bits per heavy atom. The van der Waals surface area contributed by atoms with E-state index in [1.165, 1.54) is 32.1 Å². The molecule has 0 saturated carbocycles. The molecule has 45 heavy (non-hydrogen) atoms. The molecule has 0 aromatic carbocycles. The Morgan fingerprint density at radius 1 is 0.556 bits per heavy atom. The molecule has 0 aliphatic carbocycles. The normalized spacial score (nSPS) is 21.9. The van der Waals surface area contributed by atoms with Crippen molar-refractivity contribution in [3.05, 3.63) is 0 Å². The van der Waals surface area contributed by atoms with E-state index in [1.807, 2.05) is 5.06 Å². The van der Waals surface area contributed by atoms with Crippen LogP contribution in [0.25, 0.3) is 0 Å². The molecule has 0 aromatic heterocycles. The topological polar surface area (TPSA) is 77.5 Å². The lowest BCUT2D eigenvalue weighted by molar-refractivity contribution is -0.293. The van der Waals surface area contributed by atoms with Gasteiger partial charge in [0.05, 0.1) is 13.7 Å². The first-order valence-corrected chi connectivity index (χ1v) is 18.2. The Hall–Kier alpha value is -1.22. The zero-order valence-electron chi connectivity index (χ0n) is 30.9. The number of unbranched alkanes of at least 4 members (excludes halogenated alkanes) is 10. The van der Waals surface area contributed by atoms with Gasteiger partial charge in [-0.05, 0) is 74.7 Å². The number of carbonyl (C=O) groups is 2. The van der Waals surface area contributed by atoms with Crippen molar-refractivity contribution in [2.45, 2.75) is 212 Å². The van der Waals surface area contributed by atoms with Crippen LogP contribution in [-0.2, 0) is 28.7 Å². The average Bonchev–Trinajstić information content (AvgIpc) is 2.89. The SMILES string of the molecule is CCCCCCCCON1C(C)(C)CC(OC(=O)CCCCCCCCC(=O)OC2CC(C)(C)N(OC)C(C)(C)C2)CC1(C)C. The van der Waals surface area contributed by atoms with Gasteiger partial charge in [0.1, 0.15) is 12.2 Å². The molecular formula is C37H70N2O6. The van der Waals surface area contributed by atoms with Gasteiger partial charge >= 0.3 is 11.9 Å². The third-order valence-electron chi connectivity index (χ3n) is 9.62. The molecule has 0 atom stereocenters. The highest BCUT2D eigenvalue weighted by atomic mass is 16.7. The summed E-state index contributed by atoms with van der Waals surface area (Å²) in [5.41, 5.74) is -0.785. The summed E-state index contributed by atoms with van der Waals surface area (Å²) in [5, 5.41) is 4.20. The number of hydrogen-bond acceptors (Lipinski definition) is 8. The number of nitrogens with zero attached hydrogens (tertiary/aromatic N) is 2. The Morgan fingerprint density at radius 2 is 0.911 bits per heavy atom. The van der Waals surface area contributed by atoms with Crippen molar-refractivity contribution in [1.29, 1.82) is 0 Å². The zero-order chi connectivity index (χ0) is 33.7. The van der Waals surface area contributed by atoms with E-state index in [9.17, 15) is 9.59 Å². The van der Waals surface area contributed by atoms with Crippen LogP contribution in [-0.4, -0.2) is 70.1 Å². The molecule has 8 heteroatoms. The van der Waals surface area contributed by atoms with Crippen molar-refractivity contribution >= 4 is 11.9 Å². The first-order valence-electron chi connectivity index (χ1n) is 18.2. The monoisotopic (exact) mass is 639 g/mol. The maximum atomic E-state index is 12.7. The summed E-state index contributed by atoms with van der Waals surface area (Å²) >= 11 is 0. The lowest BCUT2D eigenvalue weighted by atomic mass is 9.80. The van der Waals surface area contributed by atoms with Crippen LogP contribution in [0.15, 0.2) is 0 Å². The molecule has 0 unspecified atom stereocenters. The third kappa shape index (κ3) is 13.4. The Kier molecular flexibility index (Phi) is 16.3. The highest BCUT2D eigenvalue weighted by Gasteiger charge is 2.48. The van der Waals surface area contributed by atoms with Crippen molar-refractivity contribution in [3.63, 3.8) is 0 Å². The summed E-state index contributed by atoms with van der Waals surface area (Å²) in [4.78, 5) is 37.2. The predicted molar refractivity (Wildman–Crippen MR) is 181 cm³/mol. The molecule has 264 valence electrons. The van der Waals surface area contributed by atoms with Gasteiger partial charge in [0, 0.05) is 60.7 Å². The lowest BCUT2D eigenvalue weighted by Gasteiger charge is -2.53. The second kappa shape index (κ2) is 18.4. The number of hydrogen-bond donors (Lipinski definition) is 0. The fourth-order valence-electron chi connectivity index (χ4n) is 8.13. The van der Waals surface area contributed by atoms with Crippen LogP contribution in [0.5, 0.6) is 0 Å². The molecule has 2 saturated heterocycles. The molecule has 0 N–H and O–H groups in total. The molecule has 0 aromatic rings. The first-order chi connectivity index (χ1) is 21.0. The predicted octanol–water partition coefficient (Wildman–Crippen LogP) is 9.09. The summed E-state index contributed by atoms with van der Waals surface area (Å²) in [6.07, 6.45) is 17.2. The van der Waals surface area contributed by atoms with Gasteiger partial charge in [0.2, 0.25) is 0 Å². The van der Waals surface area contributed by atoms with Crippen LogP contribution in [0.3, 0.4) is 0 Å². The Bertz CT molecular complexity index is 850. The standard InChI is InChI=1S/C37H70N2O6/c1-11-12-13-14-19-22-25-43-39-36(6,7)28-31(29-37(39,8)9)45-33(41)24-21-18-16-15-17-20-23-32(40)44-30-26-34(2,3)38(42-10)35(4,5)27-30/h30-31H,11-29H2,1-10H3. The molecule has 2 aliphatic rings. The van der Waals surface area contributed by atoms with Crippen molar-refractivity contribution in [2.24, 2.45) is 0 Å². The van der Waals surface area contributed by atoms with Gasteiger partial charge in [0.25, 0.3) is 0 Å². The van der Waals surface area contributed by atoms with Crippen LogP contribution in [0.2, 0.25) is 0 Å². The smallest absolute Gasteiger partial charge is 0.306 e. The molecule has 8 nitrogen and oxygen atoms in total. The van der Waals surface area contributed by atoms with E-state index in [2.05, 4.69) is 67.4 Å². The molecule has 2 heterocycles. The van der Waals surface area contributed by atoms with Crippen LogP contribution in [0.1, 0.15) is 178 Å². The zero-order valence-corrected chi connectivity index (χ0v) is 30.9. The van der Waals surface area contributed by atoms with Gasteiger partial charge in [-0.25, -0.2) is 0 Å². The van der Waals surface area contributed by atoms with E-state index in [1.54, 1.807) is 7.11 Å². The fourth-order valence-corrected chi connectivity index (χ4v) is 8.13. The fraction of sp³-hybridized carbons (Fsp3) is 0.946. The van der Waals surface area contributed by atoms with E-state index in [-0.39, 0.29) is 46.3 Å². The molecule has 0 bridgehead atoms. The Labute approximate surface area is 276 Å². The van der Waals surface area contributed by atoms with Gasteiger partial charge < -0.3 is 14.3 Å². The van der Waals surface area contributed by atoms with E-state index >= 15 is 0 Å². The third-order valence-corrected chi connectivity index (χ3v) is 9.62. The Balaban J connectivity index is 1.58. The van der Waals surface area contributed by atoms with Gasteiger partial charge in [0.15, 0.2) is 0 Å². The minimum Gasteiger partial charge on any atom is -0.462 e. The number of rotatable bonds is 20. The van der Waals surface area contributed by atoms with Crippen LogP contribution >= 0.6 is 0 Å². The minimum atomic E-state index is -0.198. The molecule has 2 aliphatic heterocycles. The van der Waals surface area contributed by atoms with Crippen LogP contribution in [0.4, 0.5) is 0 Å². The molecule has 2 rings (SSSR count). The summed E-state index contributed by atoms with van der Waals surface area (Å²) in [7, 11) is 1.71. The summed E-state index contributed by atoms with van der Waals surface area (Å²) in [6.45, 7) is 20.3. The van der Waals surface area contributed by atoms with E-state index < -0.39 is 0 Å². The van der Waals surface area contributed by atoms with Crippen LogP contribution < -0.4 is 0 Å². The van der Waals surface area contributed by atoms with E-state index in [0.717, 1.165) is 77.2 Å². The number of piperidine rings is 2. The maximum Gasteiger partial charge on any atom is 0.306 e. The second-order valence-corrected chi connectivity index (χ2v) is 16.3. The summed E-state index contributed by atoms with van der Waals surface area (Å²) < 4.78 is 11.9. The number of carbonyl (C=O) groups excluding carboxylic acids is 2. The van der Waals surface area contributed by atoms with Crippen molar-refractivity contribution in [2.75, 3.05) is 13.7 Å². The quantitative estimate of drug-likeness (QED) is 0.0965. The first kappa shape index (κ1) is 40.0. The second-order valence-electron chi connectivity index (χ2n) is 16.3. The molecular weight excluding hydrogens is 568 g/mol. The van der Waals surface area contributed by atoms with Gasteiger partial charge in [-0.3, -0.25) is 14.4 Å². The van der Waals surface area contributed by atoms with Gasteiger partial charge in [-0.1, -0.05) is 64.7 Å². The highest BCUT2D eigenvalue weighted by molar-refractivity contribution is 5.69. The minimum absolute atomic E-state index is 0.0819. The number of esters is 2. The van der Waals surface area contributed by atoms with E-state index in [0.29, 0.717) is 12.8 Å². The van der Waals surface area contributed by atoms with Gasteiger partial charge in [-0.2, -0.15) is 10.1 Å². The molecule has 2 fully saturated rings. The average molecular weight is 639 g/mol. The lowest BCUT2D eigenvalue weighted by Crippen LogP contribution is -2.62. The molecule has 0 radical (unpaired) electrons. The van der Waals surface area contributed by atoms with Crippen molar-refractivity contribution in [3.8, 4) is 0 Å². The molecule has 0 amide bonds. The number of ether oxygens (including phenoxy) is 2. The van der Waals surface area contributed by atoms with Gasteiger partial charge in [-0.15, -0.1) is 0 Å².